The number of carbonyl (C=O) groups is 2. The Hall–Kier alpha value is -3.48. The van der Waals surface area contributed by atoms with Gasteiger partial charge in [0.2, 0.25) is 0 Å². The van der Waals surface area contributed by atoms with Crippen molar-refractivity contribution in [1.29, 1.82) is 0 Å². The monoisotopic (exact) mass is 456 g/mol. The number of aliphatic carboxylic acids is 1. The molecule has 1 N–H and O–H groups in total. The van der Waals surface area contributed by atoms with Crippen molar-refractivity contribution in [2.75, 3.05) is 20.3 Å². The first-order chi connectivity index (χ1) is 15.6. The maximum absolute atomic E-state index is 12.4. The molecule has 0 aliphatic rings. The number of hydrogen-bond donors (Lipinski definition) is 1. The second kappa shape index (κ2) is 11.9. The molecule has 178 valence electrons. The van der Waals surface area contributed by atoms with E-state index in [1.54, 1.807) is 32.0 Å². The predicted molar refractivity (Wildman–Crippen MR) is 126 cm³/mol. The molecule has 0 saturated heterocycles. The molecule has 33 heavy (non-hydrogen) atoms. The Morgan fingerprint density at radius 2 is 1.70 bits per heavy atom. The number of hydrogen-bond acceptors (Lipinski definition) is 6. The number of carboxylic acids is 1. The van der Waals surface area contributed by atoms with Gasteiger partial charge < -0.3 is 24.1 Å². The Morgan fingerprint density at radius 3 is 2.36 bits per heavy atom. The summed E-state index contributed by atoms with van der Waals surface area (Å²) in [6.07, 6.45) is 3.85. The van der Waals surface area contributed by atoms with Crippen molar-refractivity contribution in [1.82, 2.24) is 0 Å². The number of rotatable bonds is 12. The number of methoxy groups -OCH3 is 1. The summed E-state index contributed by atoms with van der Waals surface area (Å²) >= 11 is 0. The molecule has 0 aromatic heterocycles. The van der Waals surface area contributed by atoms with Crippen molar-refractivity contribution in [3.63, 3.8) is 0 Å². The minimum absolute atomic E-state index is 0.262. The van der Waals surface area contributed by atoms with Crippen molar-refractivity contribution in [2.24, 2.45) is 0 Å². The van der Waals surface area contributed by atoms with E-state index in [1.807, 2.05) is 32.0 Å². The lowest BCUT2D eigenvalue weighted by Gasteiger charge is -2.24. The van der Waals surface area contributed by atoms with E-state index in [0.29, 0.717) is 42.3 Å². The van der Waals surface area contributed by atoms with E-state index in [4.69, 9.17) is 24.1 Å². The molecule has 0 fully saturated rings. The fourth-order valence-electron chi connectivity index (χ4n) is 2.91. The standard InChI is InChI=1S/C26H32O7/c1-18-8-11-21(16-19(18)2)33-26(3,4)25(29)32-15-7-6-14-31-22-12-9-20(10-13-24(27)28)17-23(22)30-5/h8-13,16-17H,6-7,14-15H2,1-5H3,(H,27,28)/b13-10+. The Bertz CT molecular complexity index is 992. The van der Waals surface area contributed by atoms with E-state index in [-0.39, 0.29) is 6.61 Å². The third-order valence-corrected chi connectivity index (χ3v) is 4.98. The van der Waals surface area contributed by atoms with Crippen molar-refractivity contribution >= 4 is 18.0 Å². The zero-order valence-electron chi connectivity index (χ0n) is 19.8. The summed E-state index contributed by atoms with van der Waals surface area (Å²) in [6.45, 7) is 8.08. The topological polar surface area (TPSA) is 91.3 Å². The van der Waals surface area contributed by atoms with E-state index in [1.165, 1.54) is 13.2 Å². The summed E-state index contributed by atoms with van der Waals surface area (Å²) in [6, 6.07) is 10.9. The summed E-state index contributed by atoms with van der Waals surface area (Å²) in [7, 11) is 1.52. The van der Waals surface area contributed by atoms with E-state index >= 15 is 0 Å². The Kier molecular flexibility index (Phi) is 9.33. The molecule has 0 unspecified atom stereocenters. The fraction of sp³-hybridized carbons (Fsp3) is 0.385. The highest BCUT2D eigenvalue weighted by atomic mass is 16.6. The normalized spacial score (nSPS) is 11.3. The molecule has 0 radical (unpaired) electrons. The van der Waals surface area contributed by atoms with Gasteiger partial charge in [0.05, 0.1) is 20.3 Å². The highest BCUT2D eigenvalue weighted by molar-refractivity contribution is 5.85. The zero-order chi connectivity index (χ0) is 24.4. The van der Waals surface area contributed by atoms with Crippen LogP contribution in [0.3, 0.4) is 0 Å². The molecule has 0 aliphatic carbocycles. The van der Waals surface area contributed by atoms with Crippen molar-refractivity contribution in [2.45, 2.75) is 46.1 Å². The molecule has 2 rings (SSSR count). The van der Waals surface area contributed by atoms with Crippen LogP contribution in [0.5, 0.6) is 17.2 Å². The van der Waals surface area contributed by atoms with E-state index < -0.39 is 17.5 Å². The van der Waals surface area contributed by atoms with Crippen LogP contribution in [0.4, 0.5) is 0 Å². The summed E-state index contributed by atoms with van der Waals surface area (Å²) in [5.74, 6) is 0.263. The summed E-state index contributed by atoms with van der Waals surface area (Å²) in [5.41, 5.74) is 1.86. The van der Waals surface area contributed by atoms with Gasteiger partial charge in [-0.1, -0.05) is 12.1 Å². The van der Waals surface area contributed by atoms with Crippen LogP contribution < -0.4 is 14.2 Å². The van der Waals surface area contributed by atoms with E-state index in [2.05, 4.69) is 0 Å². The lowest BCUT2D eigenvalue weighted by Crippen LogP contribution is -2.40. The molecular formula is C26H32O7. The average molecular weight is 457 g/mol. The van der Waals surface area contributed by atoms with Crippen LogP contribution in [0.1, 0.15) is 43.4 Å². The van der Waals surface area contributed by atoms with Gasteiger partial charge in [-0.25, -0.2) is 9.59 Å². The third kappa shape index (κ3) is 8.18. The quantitative estimate of drug-likeness (QED) is 0.274. The molecule has 0 spiro atoms. The molecule has 0 saturated carbocycles. The lowest BCUT2D eigenvalue weighted by molar-refractivity contribution is -0.159. The number of unbranched alkanes of at least 4 members (excludes halogenated alkanes) is 1. The minimum Gasteiger partial charge on any atom is -0.493 e. The molecule has 0 bridgehead atoms. The molecule has 0 aliphatic heterocycles. The van der Waals surface area contributed by atoms with Crippen LogP contribution in [-0.4, -0.2) is 43.0 Å². The molecule has 7 heteroatoms. The van der Waals surface area contributed by atoms with E-state index in [9.17, 15) is 9.59 Å². The number of benzene rings is 2. The van der Waals surface area contributed by atoms with Crippen LogP contribution in [0.15, 0.2) is 42.5 Å². The van der Waals surface area contributed by atoms with Gasteiger partial charge in [0, 0.05) is 6.08 Å². The molecular weight excluding hydrogens is 424 g/mol. The highest BCUT2D eigenvalue weighted by Crippen LogP contribution is 2.29. The maximum atomic E-state index is 12.4. The predicted octanol–water partition coefficient (Wildman–Crippen LogP) is 4.97. The Morgan fingerprint density at radius 1 is 0.970 bits per heavy atom. The first kappa shape index (κ1) is 25.8. The van der Waals surface area contributed by atoms with E-state index in [0.717, 1.165) is 17.2 Å². The van der Waals surface area contributed by atoms with Gasteiger partial charge in [-0.2, -0.15) is 0 Å². The first-order valence-corrected chi connectivity index (χ1v) is 10.8. The average Bonchev–Trinajstić information content (AvgIpc) is 2.77. The van der Waals surface area contributed by atoms with Gasteiger partial charge in [0.1, 0.15) is 5.75 Å². The van der Waals surface area contributed by atoms with Crippen LogP contribution in [0.25, 0.3) is 6.08 Å². The van der Waals surface area contributed by atoms with Gasteiger partial charge >= 0.3 is 11.9 Å². The molecule has 0 atom stereocenters. The fourth-order valence-corrected chi connectivity index (χ4v) is 2.91. The zero-order valence-corrected chi connectivity index (χ0v) is 19.8. The third-order valence-electron chi connectivity index (χ3n) is 4.98. The van der Waals surface area contributed by atoms with Crippen LogP contribution in [0.2, 0.25) is 0 Å². The van der Waals surface area contributed by atoms with Crippen molar-refractivity contribution < 1.29 is 33.6 Å². The summed E-state index contributed by atoms with van der Waals surface area (Å²) in [4.78, 5) is 23.1. The number of ether oxygens (including phenoxy) is 4. The highest BCUT2D eigenvalue weighted by Gasteiger charge is 2.31. The number of esters is 1. The molecule has 0 heterocycles. The Labute approximate surface area is 194 Å². The second-order valence-corrected chi connectivity index (χ2v) is 8.13. The van der Waals surface area contributed by atoms with Gasteiger partial charge in [0.25, 0.3) is 0 Å². The minimum atomic E-state index is -1.09. The second-order valence-electron chi connectivity index (χ2n) is 8.13. The van der Waals surface area contributed by atoms with Crippen molar-refractivity contribution in [3.8, 4) is 17.2 Å². The number of carbonyl (C=O) groups excluding carboxylic acids is 1. The van der Waals surface area contributed by atoms with Crippen LogP contribution in [0, 0.1) is 13.8 Å². The molecule has 2 aromatic rings. The van der Waals surface area contributed by atoms with Gasteiger partial charge in [-0.3, -0.25) is 0 Å². The van der Waals surface area contributed by atoms with Gasteiger partial charge in [-0.05, 0) is 87.6 Å². The van der Waals surface area contributed by atoms with Crippen LogP contribution >= 0.6 is 0 Å². The van der Waals surface area contributed by atoms with Crippen molar-refractivity contribution in [3.05, 3.63) is 59.2 Å². The summed E-state index contributed by atoms with van der Waals surface area (Å²) in [5, 5.41) is 8.73. The molecule has 2 aromatic carbocycles. The SMILES string of the molecule is COc1cc(/C=C/C(=O)O)ccc1OCCCCOC(=O)C(C)(C)Oc1ccc(C)c(C)c1. The van der Waals surface area contributed by atoms with Crippen LogP contribution in [-0.2, 0) is 14.3 Å². The molecule has 7 nitrogen and oxygen atoms in total. The number of aryl methyl sites for hydroxylation is 2. The molecule has 0 amide bonds. The van der Waals surface area contributed by atoms with Gasteiger partial charge in [-0.15, -0.1) is 0 Å². The largest absolute Gasteiger partial charge is 0.493 e. The number of carboxylic acid groups (broad SMARTS) is 1. The van der Waals surface area contributed by atoms with Gasteiger partial charge in [0.15, 0.2) is 17.1 Å². The lowest BCUT2D eigenvalue weighted by atomic mass is 10.1. The maximum Gasteiger partial charge on any atom is 0.349 e. The first-order valence-electron chi connectivity index (χ1n) is 10.8. The Balaban J connectivity index is 1.75. The smallest absolute Gasteiger partial charge is 0.349 e. The summed E-state index contributed by atoms with van der Waals surface area (Å²) < 4.78 is 22.3.